The summed E-state index contributed by atoms with van der Waals surface area (Å²) < 4.78 is 0. The van der Waals surface area contributed by atoms with E-state index >= 15 is 0 Å². The number of nitrogens with zero attached hydrogens (tertiary/aromatic N) is 1. The molecule has 0 aromatic heterocycles. The van der Waals surface area contributed by atoms with Crippen molar-refractivity contribution in [1.82, 2.24) is 10.2 Å². The third-order valence-electron chi connectivity index (χ3n) is 5.14. The van der Waals surface area contributed by atoms with Gasteiger partial charge in [0.1, 0.15) is 0 Å². The van der Waals surface area contributed by atoms with Crippen LogP contribution >= 0.6 is 0 Å². The van der Waals surface area contributed by atoms with E-state index in [1.54, 1.807) is 0 Å². The normalized spacial score (nSPS) is 26.3. The minimum Gasteiger partial charge on any atom is -0.314 e. The van der Waals surface area contributed by atoms with Crippen LogP contribution < -0.4 is 5.32 Å². The predicted molar refractivity (Wildman–Crippen MR) is 77.1 cm³/mol. The molecule has 20 heavy (non-hydrogen) atoms. The molecule has 0 unspecified atom stereocenters. The van der Waals surface area contributed by atoms with Gasteiger partial charge in [-0.05, 0) is 44.1 Å². The van der Waals surface area contributed by atoms with Gasteiger partial charge in [0.05, 0.1) is 0 Å². The molecule has 3 rings (SSSR count). The summed E-state index contributed by atoms with van der Waals surface area (Å²) >= 11 is 0. The predicted octanol–water partition coefficient (Wildman–Crippen LogP) is 2.23. The second-order valence-corrected chi connectivity index (χ2v) is 6.94. The van der Waals surface area contributed by atoms with Gasteiger partial charge in [-0.3, -0.25) is 14.5 Å². The Balaban J connectivity index is 1.49. The molecule has 4 nitrogen and oxygen atoms in total. The van der Waals surface area contributed by atoms with Crippen molar-refractivity contribution in [1.29, 1.82) is 0 Å². The molecule has 2 aliphatic carbocycles. The Labute approximate surface area is 121 Å². The highest BCUT2D eigenvalue weighted by atomic mass is 16.2. The molecule has 1 heterocycles. The first-order chi connectivity index (χ1) is 9.69. The molecule has 2 saturated carbocycles. The van der Waals surface area contributed by atoms with Crippen molar-refractivity contribution in [3.8, 4) is 0 Å². The molecule has 112 valence electrons. The summed E-state index contributed by atoms with van der Waals surface area (Å²) in [5, 5.41) is 3.43. The van der Waals surface area contributed by atoms with Crippen LogP contribution in [-0.4, -0.2) is 35.8 Å². The average molecular weight is 278 g/mol. The highest BCUT2D eigenvalue weighted by Crippen LogP contribution is 2.45. The number of hydrogen-bond donors (Lipinski definition) is 1. The monoisotopic (exact) mass is 278 g/mol. The van der Waals surface area contributed by atoms with E-state index in [1.807, 2.05) is 0 Å². The van der Waals surface area contributed by atoms with Gasteiger partial charge in [-0.1, -0.05) is 19.3 Å². The zero-order valence-electron chi connectivity index (χ0n) is 12.3. The second kappa shape index (κ2) is 5.84. The quantitative estimate of drug-likeness (QED) is 0.620. The molecule has 0 atom stereocenters. The molecular weight excluding hydrogens is 252 g/mol. The molecule has 4 heteroatoms. The molecular formula is C16H26N2O2. The number of likely N-dealkylation sites (tertiary alicyclic amines) is 1. The lowest BCUT2D eigenvalue weighted by Crippen LogP contribution is -2.49. The van der Waals surface area contributed by atoms with Crippen molar-refractivity contribution in [2.24, 2.45) is 5.41 Å². The Bertz CT molecular complexity index is 364. The van der Waals surface area contributed by atoms with E-state index in [0.717, 1.165) is 25.8 Å². The summed E-state index contributed by atoms with van der Waals surface area (Å²) in [6, 6.07) is 0.702. The summed E-state index contributed by atoms with van der Waals surface area (Å²) in [6.45, 7) is 1.53. The van der Waals surface area contributed by atoms with Crippen LogP contribution in [0.2, 0.25) is 0 Å². The maximum absolute atomic E-state index is 12.3. The van der Waals surface area contributed by atoms with Gasteiger partial charge in [0, 0.05) is 25.4 Å². The molecule has 0 aromatic rings. The molecule has 1 saturated heterocycles. The number of carbonyl (C=O) groups excluding carboxylic acids is 2. The van der Waals surface area contributed by atoms with Crippen LogP contribution in [0.25, 0.3) is 0 Å². The molecule has 2 amide bonds. The number of carbonyl (C=O) groups is 2. The largest absolute Gasteiger partial charge is 0.314 e. The summed E-state index contributed by atoms with van der Waals surface area (Å²) in [5.41, 5.74) is 0.0230. The first-order valence-electron chi connectivity index (χ1n) is 8.25. The highest BCUT2D eigenvalue weighted by Gasteiger charge is 2.43. The molecule has 1 aliphatic heterocycles. The first kappa shape index (κ1) is 14.1. The van der Waals surface area contributed by atoms with Crippen LogP contribution in [0.4, 0.5) is 0 Å². The van der Waals surface area contributed by atoms with E-state index in [0.29, 0.717) is 25.4 Å². The fourth-order valence-corrected chi connectivity index (χ4v) is 3.77. The third-order valence-corrected chi connectivity index (χ3v) is 5.14. The van der Waals surface area contributed by atoms with Crippen LogP contribution in [0, 0.1) is 5.41 Å². The van der Waals surface area contributed by atoms with Crippen molar-refractivity contribution in [2.45, 2.75) is 70.3 Å². The van der Waals surface area contributed by atoms with Gasteiger partial charge in [0.25, 0.3) is 0 Å². The lowest BCUT2D eigenvalue weighted by molar-refractivity contribution is -0.154. The average Bonchev–Trinajstić information content (AvgIpc) is 3.22. The lowest BCUT2D eigenvalue weighted by atomic mass is 9.67. The summed E-state index contributed by atoms with van der Waals surface area (Å²) in [5.74, 6) is 0.157. The SMILES string of the molecule is O=C1CC2(CCCCC2)CC(=O)N1CCCNC1CC1. The number of hydrogen-bond acceptors (Lipinski definition) is 3. The van der Waals surface area contributed by atoms with Crippen molar-refractivity contribution >= 4 is 11.8 Å². The number of amides is 2. The van der Waals surface area contributed by atoms with Crippen molar-refractivity contribution in [3.05, 3.63) is 0 Å². The van der Waals surface area contributed by atoms with E-state index in [2.05, 4.69) is 5.32 Å². The van der Waals surface area contributed by atoms with Gasteiger partial charge in [-0.2, -0.15) is 0 Å². The van der Waals surface area contributed by atoms with E-state index < -0.39 is 0 Å². The topological polar surface area (TPSA) is 49.4 Å². The third kappa shape index (κ3) is 3.22. The molecule has 0 aromatic carbocycles. The van der Waals surface area contributed by atoms with Crippen LogP contribution in [0.5, 0.6) is 0 Å². The molecule has 0 radical (unpaired) electrons. The zero-order chi connectivity index (χ0) is 14.0. The van der Waals surface area contributed by atoms with Gasteiger partial charge < -0.3 is 5.32 Å². The van der Waals surface area contributed by atoms with Gasteiger partial charge in [0.2, 0.25) is 11.8 Å². The van der Waals surface area contributed by atoms with Crippen LogP contribution in [0.1, 0.15) is 64.2 Å². The van der Waals surface area contributed by atoms with Crippen molar-refractivity contribution in [2.75, 3.05) is 13.1 Å². The molecule has 1 spiro atoms. The fraction of sp³-hybridized carbons (Fsp3) is 0.875. The fourth-order valence-electron chi connectivity index (χ4n) is 3.77. The van der Waals surface area contributed by atoms with Gasteiger partial charge in [0.15, 0.2) is 0 Å². The number of imide groups is 1. The van der Waals surface area contributed by atoms with Gasteiger partial charge in [-0.15, -0.1) is 0 Å². The van der Waals surface area contributed by atoms with Crippen LogP contribution in [-0.2, 0) is 9.59 Å². The standard InChI is InChI=1S/C16H26N2O2/c19-14-11-16(7-2-1-3-8-16)12-15(20)18(14)10-4-9-17-13-5-6-13/h13,17H,1-12H2. The Morgan fingerprint density at radius 1 is 1.05 bits per heavy atom. The Morgan fingerprint density at radius 2 is 1.70 bits per heavy atom. The minimum atomic E-state index is 0.0230. The van der Waals surface area contributed by atoms with Crippen LogP contribution in [0.3, 0.4) is 0 Å². The van der Waals surface area contributed by atoms with E-state index in [-0.39, 0.29) is 17.2 Å². The molecule has 3 fully saturated rings. The minimum absolute atomic E-state index is 0.0230. The molecule has 1 N–H and O–H groups in total. The van der Waals surface area contributed by atoms with Crippen LogP contribution in [0.15, 0.2) is 0 Å². The van der Waals surface area contributed by atoms with Crippen molar-refractivity contribution < 1.29 is 9.59 Å². The lowest BCUT2D eigenvalue weighted by Gasteiger charge is -2.42. The van der Waals surface area contributed by atoms with Gasteiger partial charge >= 0.3 is 0 Å². The molecule has 3 aliphatic rings. The summed E-state index contributed by atoms with van der Waals surface area (Å²) in [6.07, 6.45) is 10.4. The number of nitrogens with one attached hydrogen (secondary N) is 1. The van der Waals surface area contributed by atoms with E-state index in [4.69, 9.17) is 0 Å². The Morgan fingerprint density at radius 3 is 2.30 bits per heavy atom. The number of piperidine rings is 1. The number of rotatable bonds is 5. The highest BCUT2D eigenvalue weighted by molar-refractivity contribution is 5.98. The van der Waals surface area contributed by atoms with E-state index in [1.165, 1.54) is 37.0 Å². The maximum atomic E-state index is 12.3. The Hall–Kier alpha value is -0.900. The van der Waals surface area contributed by atoms with E-state index in [9.17, 15) is 9.59 Å². The summed E-state index contributed by atoms with van der Waals surface area (Å²) in [7, 11) is 0. The van der Waals surface area contributed by atoms with Gasteiger partial charge in [-0.25, -0.2) is 0 Å². The molecule has 0 bridgehead atoms. The van der Waals surface area contributed by atoms with Crippen molar-refractivity contribution in [3.63, 3.8) is 0 Å². The smallest absolute Gasteiger partial charge is 0.229 e. The maximum Gasteiger partial charge on any atom is 0.229 e. The zero-order valence-corrected chi connectivity index (χ0v) is 12.3. The second-order valence-electron chi connectivity index (χ2n) is 6.94. The summed E-state index contributed by atoms with van der Waals surface area (Å²) in [4.78, 5) is 26.1. The Kier molecular flexibility index (Phi) is 4.11. The first-order valence-corrected chi connectivity index (χ1v) is 8.25.